The van der Waals surface area contributed by atoms with E-state index in [0.29, 0.717) is 6.04 Å². The SMILES string of the molecule is O=CN(c1ccsc1)C1CC1. The molecule has 1 saturated carbocycles. The summed E-state index contributed by atoms with van der Waals surface area (Å²) in [6.45, 7) is 0. The van der Waals surface area contributed by atoms with Crippen LogP contribution in [0.15, 0.2) is 16.8 Å². The fourth-order valence-electron chi connectivity index (χ4n) is 1.11. The number of carbonyl (C=O) groups is 1. The van der Waals surface area contributed by atoms with E-state index in [1.54, 1.807) is 11.3 Å². The first-order valence-corrected chi connectivity index (χ1v) is 4.62. The maximum Gasteiger partial charge on any atom is 0.214 e. The molecular weight excluding hydrogens is 158 g/mol. The van der Waals surface area contributed by atoms with Crippen LogP contribution in [0, 0.1) is 0 Å². The molecule has 0 N–H and O–H groups in total. The average Bonchev–Trinajstić information content (AvgIpc) is 2.68. The van der Waals surface area contributed by atoms with Crippen molar-refractivity contribution in [1.82, 2.24) is 0 Å². The summed E-state index contributed by atoms with van der Waals surface area (Å²) in [5.74, 6) is 0. The third-order valence-corrected chi connectivity index (χ3v) is 2.53. The predicted octanol–water partition coefficient (Wildman–Crippen LogP) is 1.87. The molecule has 0 radical (unpaired) electrons. The summed E-state index contributed by atoms with van der Waals surface area (Å²) in [4.78, 5) is 12.4. The molecule has 2 nitrogen and oxygen atoms in total. The second-order valence-electron chi connectivity index (χ2n) is 2.73. The van der Waals surface area contributed by atoms with Crippen LogP contribution >= 0.6 is 11.3 Å². The summed E-state index contributed by atoms with van der Waals surface area (Å²) >= 11 is 1.63. The monoisotopic (exact) mass is 167 g/mol. The molecule has 1 heterocycles. The highest BCUT2D eigenvalue weighted by atomic mass is 32.1. The van der Waals surface area contributed by atoms with Gasteiger partial charge in [-0.25, -0.2) is 0 Å². The van der Waals surface area contributed by atoms with Crippen LogP contribution in [0.25, 0.3) is 0 Å². The van der Waals surface area contributed by atoms with E-state index < -0.39 is 0 Å². The van der Waals surface area contributed by atoms with E-state index in [2.05, 4.69) is 0 Å². The third-order valence-electron chi connectivity index (χ3n) is 1.86. The molecule has 1 aliphatic carbocycles. The van der Waals surface area contributed by atoms with E-state index in [1.807, 2.05) is 21.7 Å². The van der Waals surface area contributed by atoms with E-state index in [1.165, 1.54) is 0 Å². The highest BCUT2D eigenvalue weighted by Gasteiger charge is 2.28. The molecule has 0 aliphatic heterocycles. The Morgan fingerprint density at radius 2 is 2.45 bits per heavy atom. The molecule has 0 spiro atoms. The number of thiophene rings is 1. The summed E-state index contributed by atoms with van der Waals surface area (Å²) in [6.07, 6.45) is 3.25. The molecule has 58 valence electrons. The van der Waals surface area contributed by atoms with Crippen molar-refractivity contribution in [3.05, 3.63) is 16.8 Å². The van der Waals surface area contributed by atoms with Gasteiger partial charge in [-0.05, 0) is 24.3 Å². The number of hydrogen-bond donors (Lipinski definition) is 0. The molecule has 1 aromatic heterocycles. The van der Waals surface area contributed by atoms with Crippen molar-refractivity contribution in [2.45, 2.75) is 18.9 Å². The maximum absolute atomic E-state index is 10.6. The van der Waals surface area contributed by atoms with Gasteiger partial charge in [0.25, 0.3) is 0 Å². The van der Waals surface area contributed by atoms with Crippen molar-refractivity contribution in [3.63, 3.8) is 0 Å². The normalized spacial score (nSPS) is 16.4. The molecule has 1 amide bonds. The van der Waals surface area contributed by atoms with Crippen molar-refractivity contribution in [2.24, 2.45) is 0 Å². The number of anilines is 1. The standard InChI is InChI=1S/C8H9NOS/c10-6-9(7-1-2-7)8-3-4-11-5-8/h3-7H,1-2H2. The van der Waals surface area contributed by atoms with Gasteiger partial charge in [0.1, 0.15) is 0 Å². The third kappa shape index (κ3) is 1.28. The zero-order valence-electron chi connectivity index (χ0n) is 6.06. The zero-order valence-corrected chi connectivity index (χ0v) is 6.88. The van der Waals surface area contributed by atoms with Crippen LogP contribution in [0.2, 0.25) is 0 Å². The van der Waals surface area contributed by atoms with E-state index in [9.17, 15) is 4.79 Å². The van der Waals surface area contributed by atoms with Crippen LogP contribution < -0.4 is 4.90 Å². The quantitative estimate of drug-likeness (QED) is 0.629. The Bertz CT molecular complexity index is 241. The first kappa shape index (κ1) is 6.85. The first-order chi connectivity index (χ1) is 5.42. The van der Waals surface area contributed by atoms with Gasteiger partial charge in [-0.15, -0.1) is 0 Å². The van der Waals surface area contributed by atoms with E-state index in [-0.39, 0.29) is 0 Å². The molecule has 1 aliphatic rings. The van der Waals surface area contributed by atoms with Crippen LogP contribution in [0.1, 0.15) is 12.8 Å². The summed E-state index contributed by atoms with van der Waals surface area (Å²) < 4.78 is 0. The van der Waals surface area contributed by atoms with Crippen molar-refractivity contribution in [3.8, 4) is 0 Å². The molecule has 0 saturated heterocycles. The maximum atomic E-state index is 10.6. The number of rotatable bonds is 3. The molecule has 1 fully saturated rings. The highest BCUT2D eigenvalue weighted by molar-refractivity contribution is 7.08. The van der Waals surface area contributed by atoms with Gasteiger partial charge in [-0.3, -0.25) is 4.79 Å². The molecule has 11 heavy (non-hydrogen) atoms. The first-order valence-electron chi connectivity index (χ1n) is 3.67. The van der Waals surface area contributed by atoms with Gasteiger partial charge in [0.05, 0.1) is 5.69 Å². The van der Waals surface area contributed by atoms with Crippen molar-refractivity contribution in [1.29, 1.82) is 0 Å². The van der Waals surface area contributed by atoms with Crippen LogP contribution in [-0.2, 0) is 4.79 Å². The van der Waals surface area contributed by atoms with Gasteiger partial charge in [-0.2, -0.15) is 11.3 Å². The van der Waals surface area contributed by atoms with Gasteiger partial charge >= 0.3 is 0 Å². The highest BCUT2D eigenvalue weighted by Crippen LogP contribution is 2.31. The van der Waals surface area contributed by atoms with Gasteiger partial charge < -0.3 is 4.90 Å². The van der Waals surface area contributed by atoms with Gasteiger partial charge in [0.15, 0.2) is 0 Å². The Morgan fingerprint density at radius 1 is 1.64 bits per heavy atom. The Labute approximate surface area is 69.4 Å². The smallest absolute Gasteiger partial charge is 0.214 e. The lowest BCUT2D eigenvalue weighted by Crippen LogP contribution is -2.22. The topological polar surface area (TPSA) is 20.3 Å². The molecule has 0 aromatic carbocycles. The van der Waals surface area contributed by atoms with Crippen molar-refractivity contribution < 1.29 is 4.79 Å². The minimum Gasteiger partial charge on any atom is -0.311 e. The van der Waals surface area contributed by atoms with Crippen molar-refractivity contribution >= 4 is 23.4 Å². The Kier molecular flexibility index (Phi) is 1.66. The second kappa shape index (κ2) is 2.66. The lowest BCUT2D eigenvalue weighted by Gasteiger charge is -2.13. The molecule has 0 atom stereocenters. The fourth-order valence-corrected chi connectivity index (χ4v) is 1.75. The molecular formula is C8H9NOS. The van der Waals surface area contributed by atoms with Gasteiger partial charge in [-0.1, -0.05) is 0 Å². The summed E-state index contributed by atoms with van der Waals surface area (Å²) in [6, 6.07) is 2.47. The van der Waals surface area contributed by atoms with Crippen LogP contribution in [0.5, 0.6) is 0 Å². The lowest BCUT2D eigenvalue weighted by molar-refractivity contribution is -0.107. The molecule has 0 bridgehead atoms. The second-order valence-corrected chi connectivity index (χ2v) is 3.51. The van der Waals surface area contributed by atoms with E-state index in [4.69, 9.17) is 0 Å². The minimum absolute atomic E-state index is 0.488. The Hall–Kier alpha value is -0.830. The molecule has 2 rings (SSSR count). The fraction of sp³-hybridized carbons (Fsp3) is 0.375. The number of hydrogen-bond acceptors (Lipinski definition) is 2. The summed E-state index contributed by atoms with van der Waals surface area (Å²) in [7, 11) is 0. The molecule has 1 aromatic rings. The van der Waals surface area contributed by atoms with Crippen molar-refractivity contribution in [2.75, 3.05) is 4.90 Å². The van der Waals surface area contributed by atoms with E-state index >= 15 is 0 Å². The summed E-state index contributed by atoms with van der Waals surface area (Å²) in [5.41, 5.74) is 1.05. The lowest BCUT2D eigenvalue weighted by atomic mass is 10.4. The van der Waals surface area contributed by atoms with E-state index in [0.717, 1.165) is 24.9 Å². The summed E-state index contributed by atoms with van der Waals surface area (Å²) in [5, 5.41) is 4.00. The number of nitrogens with zero attached hydrogens (tertiary/aromatic N) is 1. The number of carbonyl (C=O) groups excluding carboxylic acids is 1. The molecule has 3 heteroatoms. The van der Waals surface area contributed by atoms with Crippen LogP contribution in [-0.4, -0.2) is 12.5 Å². The average molecular weight is 167 g/mol. The largest absolute Gasteiger partial charge is 0.311 e. The number of amides is 1. The van der Waals surface area contributed by atoms with Gasteiger partial charge in [0, 0.05) is 11.4 Å². The van der Waals surface area contributed by atoms with Crippen LogP contribution in [0.3, 0.4) is 0 Å². The predicted molar refractivity (Wildman–Crippen MR) is 45.9 cm³/mol. The zero-order chi connectivity index (χ0) is 7.68. The van der Waals surface area contributed by atoms with Crippen LogP contribution in [0.4, 0.5) is 5.69 Å². The van der Waals surface area contributed by atoms with Gasteiger partial charge in [0.2, 0.25) is 6.41 Å². The minimum atomic E-state index is 0.488. The Morgan fingerprint density at radius 3 is 2.91 bits per heavy atom. The molecule has 0 unspecified atom stereocenters. The Balaban J connectivity index is 2.17.